The normalized spacial score (nSPS) is 13.0. The first-order valence-corrected chi connectivity index (χ1v) is 16.9. The van der Waals surface area contributed by atoms with Gasteiger partial charge in [0.05, 0.1) is 0 Å². The first-order chi connectivity index (χ1) is 21.2. The molecule has 0 saturated carbocycles. The van der Waals surface area contributed by atoms with Gasteiger partial charge in [-0.3, -0.25) is 5.32 Å². The molecule has 0 fully saturated rings. The number of carbonyl (C=O) groups excluding carboxylic acids is 1. The average molecular weight is 610 g/mol. The Hall–Kier alpha value is -4.17. The van der Waals surface area contributed by atoms with Crippen molar-refractivity contribution >= 4 is 30.5 Å². The molecule has 0 aromatic heterocycles. The lowest BCUT2D eigenvalue weighted by molar-refractivity contribution is -0.000473. The van der Waals surface area contributed by atoms with Crippen LogP contribution in [0.5, 0.6) is 0 Å². The second kappa shape index (κ2) is 15.5. The van der Waals surface area contributed by atoms with E-state index in [4.69, 9.17) is 13.9 Å². The highest BCUT2D eigenvalue weighted by Crippen LogP contribution is 2.38. The highest BCUT2D eigenvalue weighted by molar-refractivity contribution is 6.99. The maximum atomic E-state index is 13.3. The van der Waals surface area contributed by atoms with Crippen LogP contribution in [0.4, 0.5) is 4.79 Å². The highest BCUT2D eigenvalue weighted by atomic mass is 28.4. The van der Waals surface area contributed by atoms with Gasteiger partial charge < -0.3 is 19.0 Å². The van der Waals surface area contributed by atoms with Crippen LogP contribution in [0.2, 0.25) is 5.04 Å². The minimum atomic E-state index is -3.06. The molecule has 0 saturated heterocycles. The van der Waals surface area contributed by atoms with E-state index in [1.54, 1.807) is 0 Å². The quantitative estimate of drug-likeness (QED) is 0.0952. The van der Waals surface area contributed by atoms with Gasteiger partial charge >= 0.3 is 6.09 Å². The number of hydrogen-bond acceptors (Lipinski definition) is 5. The number of hydrogen-bond donors (Lipinski definition) is 2. The van der Waals surface area contributed by atoms with Crippen LogP contribution < -0.4 is 15.7 Å². The van der Waals surface area contributed by atoms with Crippen molar-refractivity contribution in [2.75, 3.05) is 6.61 Å². The fraction of sp³-hybridized carbons (Fsp3) is 0.270. The van der Waals surface area contributed by atoms with Gasteiger partial charge in [0.1, 0.15) is 18.5 Å². The number of nitrogens with one attached hydrogen (secondary N) is 1. The van der Waals surface area contributed by atoms with Gasteiger partial charge in [-0.05, 0) is 33.8 Å². The zero-order chi connectivity index (χ0) is 31.4. The molecule has 0 bridgehead atoms. The molecule has 1 amide bonds. The fourth-order valence-corrected chi connectivity index (χ4v) is 10.1. The Morgan fingerprint density at radius 3 is 1.82 bits per heavy atom. The molecule has 0 spiro atoms. The minimum Gasteiger partial charge on any atom is -0.468 e. The summed E-state index contributed by atoms with van der Waals surface area (Å²) in [6.45, 7) is 10.8. The van der Waals surface area contributed by atoms with Gasteiger partial charge in [-0.15, -0.1) is 0 Å². The number of aliphatic hydroxyl groups excluding tert-OH is 1. The summed E-state index contributed by atoms with van der Waals surface area (Å²) in [5, 5.41) is 14.7. The Bertz CT molecular complexity index is 1400. The van der Waals surface area contributed by atoms with Crippen LogP contribution in [-0.4, -0.2) is 38.5 Å². The van der Waals surface area contributed by atoms with Crippen LogP contribution in [-0.2, 0) is 20.5 Å². The second-order valence-corrected chi connectivity index (χ2v) is 16.0. The van der Waals surface area contributed by atoms with E-state index in [1.807, 2.05) is 97.1 Å². The van der Waals surface area contributed by atoms with E-state index in [0.717, 1.165) is 21.5 Å². The molecule has 4 rings (SSSR count). The Morgan fingerprint density at radius 2 is 1.32 bits per heavy atom. The number of rotatable bonds is 14. The molecule has 44 heavy (non-hydrogen) atoms. The zero-order valence-corrected chi connectivity index (χ0v) is 26.8. The van der Waals surface area contributed by atoms with Crippen LogP contribution in [0.15, 0.2) is 128 Å². The number of amides is 1. The summed E-state index contributed by atoms with van der Waals surface area (Å²) >= 11 is 0. The molecule has 0 aliphatic heterocycles. The van der Waals surface area contributed by atoms with Crippen molar-refractivity contribution in [2.45, 2.75) is 57.6 Å². The summed E-state index contributed by atoms with van der Waals surface area (Å²) in [4.78, 5) is 13.3. The molecule has 2 atom stereocenters. The van der Waals surface area contributed by atoms with Gasteiger partial charge in [0.25, 0.3) is 8.32 Å². The zero-order valence-electron chi connectivity index (χ0n) is 25.8. The maximum absolute atomic E-state index is 13.3. The molecule has 6 nitrogen and oxygen atoms in total. The third kappa shape index (κ3) is 8.26. The molecule has 4 aromatic carbocycles. The fourth-order valence-electron chi connectivity index (χ4n) is 5.41. The van der Waals surface area contributed by atoms with Crippen LogP contribution >= 0.6 is 0 Å². The molecular formula is C37H43NO5Si. The summed E-state index contributed by atoms with van der Waals surface area (Å²) in [5.74, 6) is 0.388. The number of aliphatic hydroxyl groups is 1. The largest absolute Gasteiger partial charge is 0.468 e. The van der Waals surface area contributed by atoms with E-state index in [2.05, 4.69) is 56.9 Å². The van der Waals surface area contributed by atoms with E-state index >= 15 is 0 Å². The van der Waals surface area contributed by atoms with Crippen LogP contribution in [0.25, 0.3) is 5.76 Å². The Labute approximate surface area is 262 Å². The lowest BCUT2D eigenvalue weighted by Gasteiger charge is -2.46. The van der Waals surface area contributed by atoms with E-state index in [9.17, 15) is 9.90 Å². The van der Waals surface area contributed by atoms with Crippen molar-refractivity contribution in [3.8, 4) is 0 Å². The van der Waals surface area contributed by atoms with Gasteiger partial charge in [-0.2, -0.15) is 0 Å². The molecule has 7 heteroatoms. The van der Waals surface area contributed by atoms with Crippen molar-refractivity contribution in [3.63, 3.8) is 0 Å². The van der Waals surface area contributed by atoms with Crippen molar-refractivity contribution in [1.82, 2.24) is 5.32 Å². The summed E-state index contributed by atoms with van der Waals surface area (Å²) < 4.78 is 19.5. The third-order valence-corrected chi connectivity index (χ3v) is 12.6. The molecule has 230 valence electrons. The lowest BCUT2D eigenvalue weighted by Crippen LogP contribution is -2.69. The number of alkyl carbamates (subject to hydrolysis) is 1. The molecular weight excluding hydrogens is 566 g/mol. The van der Waals surface area contributed by atoms with Crippen LogP contribution in [0.3, 0.4) is 0 Å². The van der Waals surface area contributed by atoms with Crippen molar-refractivity contribution in [1.29, 1.82) is 0 Å². The predicted octanol–water partition coefficient (Wildman–Crippen LogP) is 6.64. The molecule has 0 aliphatic carbocycles. The van der Waals surface area contributed by atoms with Crippen molar-refractivity contribution in [2.24, 2.45) is 0 Å². The van der Waals surface area contributed by atoms with E-state index in [0.29, 0.717) is 18.6 Å². The van der Waals surface area contributed by atoms with E-state index < -0.39 is 26.7 Å². The first-order valence-electron chi connectivity index (χ1n) is 15.0. The van der Waals surface area contributed by atoms with E-state index in [-0.39, 0.29) is 18.3 Å². The number of carbonyl (C=O) groups is 1. The smallest absolute Gasteiger partial charge is 0.410 e. The molecule has 0 heterocycles. The van der Waals surface area contributed by atoms with Gasteiger partial charge in [0, 0.05) is 12.2 Å². The highest BCUT2D eigenvalue weighted by Gasteiger charge is 2.52. The number of ether oxygens (including phenoxy) is 2. The predicted molar refractivity (Wildman–Crippen MR) is 179 cm³/mol. The van der Waals surface area contributed by atoms with Crippen molar-refractivity contribution < 1.29 is 23.8 Å². The van der Waals surface area contributed by atoms with Gasteiger partial charge in [0.2, 0.25) is 0 Å². The number of benzene rings is 4. The summed E-state index contributed by atoms with van der Waals surface area (Å²) in [7, 11) is -3.06. The summed E-state index contributed by atoms with van der Waals surface area (Å²) in [5.41, 5.74) is 1.65. The lowest BCUT2D eigenvalue weighted by atomic mass is 10.1. The van der Waals surface area contributed by atoms with Gasteiger partial charge in [0.15, 0.2) is 6.23 Å². The van der Waals surface area contributed by atoms with Crippen LogP contribution in [0, 0.1) is 0 Å². The Balaban J connectivity index is 1.75. The monoisotopic (exact) mass is 609 g/mol. The van der Waals surface area contributed by atoms with Crippen LogP contribution in [0.1, 0.15) is 44.7 Å². The molecule has 0 aliphatic rings. The Morgan fingerprint density at radius 1 is 0.818 bits per heavy atom. The third-order valence-electron chi connectivity index (χ3n) is 7.57. The van der Waals surface area contributed by atoms with Gasteiger partial charge in [-0.25, -0.2) is 4.79 Å². The molecule has 2 N–H and O–H groups in total. The van der Waals surface area contributed by atoms with Gasteiger partial charge in [-0.1, -0.05) is 149 Å². The molecule has 4 aromatic rings. The standard InChI is InChI=1S/C37H43NO5Si/c1-29(31-20-11-6-12-21-31)42-35(38-36(40)41-28-30-18-9-5-10-19-30)34(26-17-27-39)43-44(37(2,3)4,32-22-13-7-14-23-32)33-24-15-8-16-25-33/h5-16,18-25,34-35,39H,1,17,26-28H2,2-4H3,(H,38,40)/t34-,35+/m0/s1. The molecule has 0 radical (unpaired) electrons. The Kier molecular flexibility index (Phi) is 11.5. The van der Waals surface area contributed by atoms with E-state index in [1.165, 1.54) is 0 Å². The topological polar surface area (TPSA) is 77.0 Å². The molecule has 0 unspecified atom stereocenters. The second-order valence-electron chi connectivity index (χ2n) is 11.7. The maximum Gasteiger partial charge on any atom is 0.410 e. The van der Waals surface area contributed by atoms with Crippen molar-refractivity contribution in [3.05, 3.63) is 139 Å². The average Bonchev–Trinajstić information content (AvgIpc) is 3.05. The SMILES string of the molecule is C=C(O[C@@H](NC(=O)OCc1ccccc1)[C@H](CCCO)O[Si](c1ccccc1)(c1ccccc1)C(C)(C)C)c1ccccc1. The minimum absolute atomic E-state index is 0.0363. The first kappa shape index (κ1) is 32.7. The summed E-state index contributed by atoms with van der Waals surface area (Å²) in [6.07, 6.45) is -1.38. The summed E-state index contributed by atoms with van der Waals surface area (Å²) in [6, 6.07) is 39.6.